The van der Waals surface area contributed by atoms with Gasteiger partial charge in [0.25, 0.3) is 0 Å². The average molecular weight is 393 g/mol. The summed E-state index contributed by atoms with van der Waals surface area (Å²) in [5.74, 6) is -3.85. The zero-order valence-electron chi connectivity index (χ0n) is 14.9. The van der Waals surface area contributed by atoms with E-state index in [0.717, 1.165) is 0 Å². The summed E-state index contributed by atoms with van der Waals surface area (Å²) in [7, 11) is 1.24. The third-order valence-electron chi connectivity index (χ3n) is 4.92. The van der Waals surface area contributed by atoms with Crippen molar-refractivity contribution in [1.82, 2.24) is 4.90 Å². The van der Waals surface area contributed by atoms with Crippen molar-refractivity contribution in [2.45, 2.75) is 36.1 Å². The highest BCUT2D eigenvalue weighted by Gasteiger charge is 2.65. The van der Waals surface area contributed by atoms with E-state index in [4.69, 9.17) is 0 Å². The van der Waals surface area contributed by atoms with E-state index >= 15 is 0 Å². The van der Waals surface area contributed by atoms with Crippen molar-refractivity contribution in [2.24, 2.45) is 5.92 Å². The number of aliphatic hydroxyl groups is 1. The van der Waals surface area contributed by atoms with E-state index in [-0.39, 0.29) is 11.1 Å². The number of benzene rings is 1. The molecule has 4 atom stereocenters. The van der Waals surface area contributed by atoms with Gasteiger partial charge in [-0.15, -0.1) is 11.8 Å². The molecule has 1 aromatic rings. The molecule has 0 spiro atoms. The third-order valence-corrected chi connectivity index (χ3v) is 6.51. The molecule has 1 amide bonds. The molecule has 8 nitrogen and oxygen atoms in total. The number of Topliss-reactive ketones (excluding diaryl/α,β-unsaturated/α-hetero) is 1. The maximum absolute atomic E-state index is 12.6. The van der Waals surface area contributed by atoms with Crippen molar-refractivity contribution < 1.29 is 34.1 Å². The average Bonchev–Trinajstić information content (AvgIpc) is 2.88. The van der Waals surface area contributed by atoms with E-state index in [1.54, 1.807) is 13.8 Å². The summed E-state index contributed by atoms with van der Waals surface area (Å²) in [4.78, 5) is 49.3. The minimum absolute atomic E-state index is 0.151. The van der Waals surface area contributed by atoms with E-state index in [9.17, 15) is 29.4 Å². The number of thioether (sulfide) groups is 1. The van der Waals surface area contributed by atoms with Crippen LogP contribution < -0.4 is 0 Å². The molecule has 3 rings (SSSR count). The summed E-state index contributed by atoms with van der Waals surface area (Å²) in [6, 6.07) is 4.55. The van der Waals surface area contributed by atoms with E-state index in [1.165, 1.54) is 48.0 Å². The number of carboxylic acid groups (broad SMARTS) is 1. The summed E-state index contributed by atoms with van der Waals surface area (Å²) in [6.07, 6.45) is -1.58. The van der Waals surface area contributed by atoms with Gasteiger partial charge in [0.1, 0.15) is 18.1 Å². The van der Waals surface area contributed by atoms with Crippen LogP contribution in [0, 0.1) is 5.92 Å². The van der Waals surface area contributed by atoms with Crippen LogP contribution in [0.1, 0.15) is 34.6 Å². The van der Waals surface area contributed by atoms with Gasteiger partial charge in [0, 0.05) is 10.3 Å². The van der Waals surface area contributed by atoms with Crippen LogP contribution in [0.3, 0.4) is 0 Å². The van der Waals surface area contributed by atoms with Crippen molar-refractivity contribution in [3.8, 4) is 0 Å². The van der Waals surface area contributed by atoms with E-state index in [2.05, 4.69) is 4.74 Å². The first-order valence-electron chi connectivity index (χ1n) is 8.23. The lowest BCUT2D eigenvalue weighted by molar-refractivity contribution is -0.167. The van der Waals surface area contributed by atoms with Crippen molar-refractivity contribution in [1.29, 1.82) is 0 Å². The molecular formula is C18H19NO7S. The number of aliphatic carboxylic acids is 1. The number of carbonyl (C=O) groups is 4. The van der Waals surface area contributed by atoms with Gasteiger partial charge in [-0.3, -0.25) is 9.59 Å². The Morgan fingerprint density at radius 3 is 2.26 bits per heavy atom. The number of carbonyl (C=O) groups excluding carboxylic acids is 3. The number of β-lactam (4-membered cyclic amide) rings is 1. The number of nitrogens with zero attached hydrogens (tertiary/aromatic N) is 1. The van der Waals surface area contributed by atoms with Crippen molar-refractivity contribution in [3.63, 3.8) is 0 Å². The molecule has 0 saturated carbocycles. The van der Waals surface area contributed by atoms with Crippen molar-refractivity contribution in [2.75, 3.05) is 7.11 Å². The number of carboxylic acids is 1. The fraction of sp³-hybridized carbons (Fsp3) is 0.444. The van der Waals surface area contributed by atoms with Crippen LogP contribution in [-0.4, -0.2) is 68.1 Å². The number of ketones is 1. The molecule has 1 aromatic carbocycles. The predicted octanol–water partition coefficient (Wildman–Crippen LogP) is 0.780. The third kappa shape index (κ3) is 3.00. The number of amides is 1. The molecule has 0 aliphatic carbocycles. The highest BCUT2D eigenvalue weighted by Crippen LogP contribution is 2.54. The van der Waals surface area contributed by atoms with Crippen LogP contribution in [0.25, 0.3) is 0 Å². The highest BCUT2D eigenvalue weighted by atomic mass is 32.2. The van der Waals surface area contributed by atoms with Crippen LogP contribution >= 0.6 is 11.8 Å². The number of methoxy groups -OCH3 is 1. The van der Waals surface area contributed by atoms with Gasteiger partial charge in [0.15, 0.2) is 5.78 Å². The Balaban J connectivity index is 1.78. The second kappa shape index (κ2) is 6.65. The number of rotatable bonds is 5. The fourth-order valence-electron chi connectivity index (χ4n) is 3.55. The molecular weight excluding hydrogens is 374 g/mol. The van der Waals surface area contributed by atoms with Crippen LogP contribution in [0.5, 0.6) is 0 Å². The first-order valence-corrected chi connectivity index (χ1v) is 9.11. The summed E-state index contributed by atoms with van der Waals surface area (Å²) in [5.41, 5.74) is 0.408. The fourth-order valence-corrected chi connectivity index (χ4v) is 5.27. The first-order chi connectivity index (χ1) is 12.6. The lowest BCUT2D eigenvalue weighted by atomic mass is 9.85. The minimum Gasteiger partial charge on any atom is -0.480 e. The number of hydrogen-bond acceptors (Lipinski definition) is 7. The minimum atomic E-state index is -1.58. The number of aliphatic hydroxyl groups excluding tert-OH is 1. The lowest BCUT2D eigenvalue weighted by Gasteiger charge is -2.45. The van der Waals surface area contributed by atoms with Gasteiger partial charge in [0.2, 0.25) is 5.91 Å². The summed E-state index contributed by atoms with van der Waals surface area (Å²) >= 11 is 1.27. The molecule has 2 fully saturated rings. The molecule has 27 heavy (non-hydrogen) atoms. The second-order valence-electron chi connectivity index (χ2n) is 7.00. The quantitative estimate of drug-likeness (QED) is 0.428. The van der Waals surface area contributed by atoms with Gasteiger partial charge >= 0.3 is 11.9 Å². The van der Waals surface area contributed by atoms with Gasteiger partial charge in [-0.05, 0) is 26.0 Å². The second-order valence-corrected chi connectivity index (χ2v) is 8.77. The summed E-state index contributed by atoms with van der Waals surface area (Å²) in [6.45, 7) is 3.44. The van der Waals surface area contributed by atoms with Gasteiger partial charge < -0.3 is 19.8 Å². The largest absolute Gasteiger partial charge is 0.480 e. The van der Waals surface area contributed by atoms with Gasteiger partial charge in [-0.2, -0.15) is 0 Å². The van der Waals surface area contributed by atoms with Crippen molar-refractivity contribution in [3.05, 3.63) is 35.4 Å². The zero-order valence-corrected chi connectivity index (χ0v) is 15.7. The Hall–Kier alpha value is -2.39. The van der Waals surface area contributed by atoms with E-state index in [1.807, 2.05) is 0 Å². The lowest BCUT2D eigenvalue weighted by Crippen LogP contribution is -2.66. The number of ether oxygens (including phenoxy) is 1. The Morgan fingerprint density at radius 1 is 1.19 bits per heavy atom. The standard InChI is InChI=1S/C18H19NO7S/c1-18(2)13(16(23)24)19-14(22)10(15(19)27-18)12(21)11(20)8-4-6-9(7-5-8)17(25)26-3/h4-7,10,12-13,15,21H,1-3H3,(H,23,24)/t10-,12+,13+,15-/m1/s1. The maximum Gasteiger partial charge on any atom is 0.337 e. The number of fused-ring (bicyclic) bond motifs is 1. The molecule has 2 N–H and O–H groups in total. The molecule has 9 heteroatoms. The maximum atomic E-state index is 12.6. The molecule has 2 aliphatic rings. The van der Waals surface area contributed by atoms with Crippen molar-refractivity contribution >= 4 is 35.4 Å². The molecule has 2 aliphatic heterocycles. The summed E-state index contributed by atoms with van der Waals surface area (Å²) < 4.78 is 3.85. The number of hydrogen-bond donors (Lipinski definition) is 2. The molecule has 2 saturated heterocycles. The molecule has 0 bridgehead atoms. The normalized spacial score (nSPS) is 26.7. The molecule has 144 valence electrons. The topological polar surface area (TPSA) is 121 Å². The van der Waals surface area contributed by atoms with Crippen LogP contribution in [0.4, 0.5) is 0 Å². The molecule has 0 radical (unpaired) electrons. The summed E-state index contributed by atoms with van der Waals surface area (Å²) in [5, 5.41) is 19.3. The Morgan fingerprint density at radius 2 is 1.74 bits per heavy atom. The monoisotopic (exact) mass is 393 g/mol. The van der Waals surface area contributed by atoms with Gasteiger partial charge in [0.05, 0.1) is 18.0 Å². The zero-order chi connectivity index (χ0) is 20.1. The van der Waals surface area contributed by atoms with Crippen LogP contribution in [0.2, 0.25) is 0 Å². The first kappa shape index (κ1) is 19.4. The number of esters is 1. The predicted molar refractivity (Wildman–Crippen MR) is 95.3 cm³/mol. The van der Waals surface area contributed by atoms with Crippen LogP contribution in [0.15, 0.2) is 24.3 Å². The molecule has 0 aromatic heterocycles. The van der Waals surface area contributed by atoms with E-state index in [0.29, 0.717) is 0 Å². The van der Waals surface area contributed by atoms with Gasteiger partial charge in [-0.1, -0.05) is 12.1 Å². The highest BCUT2D eigenvalue weighted by molar-refractivity contribution is 8.01. The Bertz CT molecular complexity index is 820. The molecule has 2 heterocycles. The Labute approximate surface area is 159 Å². The SMILES string of the molecule is COC(=O)c1ccc(C(=O)[C@@H](O)[C@@H]2C(=O)N3[C@@H]2SC(C)(C)[C@@H]3C(=O)O)cc1. The van der Waals surface area contributed by atoms with E-state index < -0.39 is 51.8 Å². The van der Waals surface area contributed by atoms with Crippen LogP contribution in [-0.2, 0) is 14.3 Å². The smallest absolute Gasteiger partial charge is 0.337 e. The van der Waals surface area contributed by atoms with Gasteiger partial charge in [-0.25, -0.2) is 9.59 Å². The Kier molecular flexibility index (Phi) is 4.77. The molecule has 0 unspecified atom stereocenters.